The van der Waals surface area contributed by atoms with Crippen molar-refractivity contribution in [2.75, 3.05) is 12.0 Å². The van der Waals surface area contributed by atoms with Crippen LogP contribution in [0.15, 0.2) is 53.6 Å². The summed E-state index contributed by atoms with van der Waals surface area (Å²) in [7, 11) is 0. The maximum Gasteiger partial charge on any atom is 0.101 e. The molecule has 0 aliphatic rings. The molecule has 3 nitrogen and oxygen atoms in total. The second-order valence-corrected chi connectivity index (χ2v) is 5.15. The van der Waals surface area contributed by atoms with E-state index in [1.807, 2.05) is 24.3 Å². The van der Waals surface area contributed by atoms with Crippen molar-refractivity contribution in [1.82, 2.24) is 10.2 Å². The summed E-state index contributed by atoms with van der Waals surface area (Å²) in [6.45, 7) is 0. The van der Waals surface area contributed by atoms with E-state index in [1.54, 1.807) is 18.0 Å². The van der Waals surface area contributed by atoms with Gasteiger partial charge in [0.1, 0.15) is 5.69 Å². The molecule has 1 heterocycles. The Balaban J connectivity index is 2.25. The first-order valence-electron chi connectivity index (χ1n) is 5.93. The molecule has 0 saturated carbocycles. The van der Waals surface area contributed by atoms with E-state index in [0.29, 0.717) is 0 Å². The Hall–Kier alpha value is -2.07. The lowest BCUT2D eigenvalue weighted by atomic mass is 10.1. The topological polar surface area (TPSA) is 51.8 Å². The summed E-state index contributed by atoms with van der Waals surface area (Å²) in [5.74, 6) is 0. The number of benzene rings is 2. The number of nitrogens with two attached hydrogens (primary N) is 1. The van der Waals surface area contributed by atoms with Gasteiger partial charge in [0.2, 0.25) is 0 Å². The molecule has 2 aromatic carbocycles. The minimum absolute atomic E-state index is 0.752. The SMILES string of the molecule is CSc1ccc2cnnc(-c3ccc(N)cc3)c2c1. The zero-order valence-electron chi connectivity index (χ0n) is 10.5. The quantitative estimate of drug-likeness (QED) is 0.569. The van der Waals surface area contributed by atoms with E-state index in [2.05, 4.69) is 34.7 Å². The van der Waals surface area contributed by atoms with Crippen molar-refractivity contribution < 1.29 is 0 Å². The summed E-state index contributed by atoms with van der Waals surface area (Å²) in [5, 5.41) is 10.6. The molecule has 0 saturated heterocycles. The molecule has 0 aliphatic carbocycles. The lowest BCUT2D eigenvalue weighted by Gasteiger charge is -2.06. The average Bonchev–Trinajstić information content (AvgIpc) is 2.47. The van der Waals surface area contributed by atoms with E-state index in [-0.39, 0.29) is 0 Å². The maximum absolute atomic E-state index is 5.72. The van der Waals surface area contributed by atoms with Crippen LogP contribution in [0.25, 0.3) is 22.0 Å². The monoisotopic (exact) mass is 267 g/mol. The molecule has 1 aromatic heterocycles. The molecule has 0 radical (unpaired) electrons. The minimum Gasteiger partial charge on any atom is -0.399 e. The van der Waals surface area contributed by atoms with Crippen LogP contribution in [0, 0.1) is 0 Å². The van der Waals surface area contributed by atoms with Gasteiger partial charge in [-0.1, -0.05) is 18.2 Å². The highest BCUT2D eigenvalue weighted by atomic mass is 32.2. The highest BCUT2D eigenvalue weighted by molar-refractivity contribution is 7.98. The van der Waals surface area contributed by atoms with Crippen molar-refractivity contribution in [2.45, 2.75) is 4.90 Å². The van der Waals surface area contributed by atoms with Crippen molar-refractivity contribution in [2.24, 2.45) is 0 Å². The predicted molar refractivity (Wildman–Crippen MR) is 81.2 cm³/mol. The van der Waals surface area contributed by atoms with Crippen molar-refractivity contribution in [3.8, 4) is 11.3 Å². The van der Waals surface area contributed by atoms with Crippen LogP contribution in [-0.2, 0) is 0 Å². The molecule has 19 heavy (non-hydrogen) atoms. The number of nitrogens with zero attached hydrogens (tertiary/aromatic N) is 2. The molecule has 0 spiro atoms. The zero-order valence-corrected chi connectivity index (χ0v) is 11.3. The largest absolute Gasteiger partial charge is 0.399 e. The first-order chi connectivity index (χ1) is 9.28. The first kappa shape index (κ1) is 12.0. The maximum atomic E-state index is 5.72. The lowest BCUT2D eigenvalue weighted by Crippen LogP contribution is -1.91. The van der Waals surface area contributed by atoms with Crippen LogP contribution in [0.5, 0.6) is 0 Å². The van der Waals surface area contributed by atoms with Gasteiger partial charge in [0.05, 0.1) is 6.20 Å². The molecule has 0 atom stereocenters. The molecular formula is C15H13N3S. The molecule has 4 heteroatoms. The Morgan fingerprint density at radius 2 is 1.84 bits per heavy atom. The number of aromatic nitrogens is 2. The van der Waals surface area contributed by atoms with E-state index >= 15 is 0 Å². The second kappa shape index (κ2) is 4.90. The first-order valence-corrected chi connectivity index (χ1v) is 7.16. The second-order valence-electron chi connectivity index (χ2n) is 4.27. The van der Waals surface area contributed by atoms with E-state index in [4.69, 9.17) is 5.73 Å². The molecular weight excluding hydrogens is 254 g/mol. The normalized spacial score (nSPS) is 10.8. The Labute approximate surface area is 115 Å². The van der Waals surface area contributed by atoms with Crippen LogP contribution in [0.4, 0.5) is 5.69 Å². The van der Waals surface area contributed by atoms with Crippen molar-refractivity contribution in [3.63, 3.8) is 0 Å². The number of rotatable bonds is 2. The molecule has 0 fully saturated rings. The molecule has 0 aliphatic heterocycles. The van der Waals surface area contributed by atoms with Crippen LogP contribution >= 0.6 is 11.8 Å². The number of hydrogen-bond acceptors (Lipinski definition) is 4. The minimum atomic E-state index is 0.752. The van der Waals surface area contributed by atoms with Crippen LogP contribution in [0.2, 0.25) is 0 Å². The summed E-state index contributed by atoms with van der Waals surface area (Å²) in [5.41, 5.74) is 8.40. The van der Waals surface area contributed by atoms with E-state index in [1.165, 1.54) is 4.90 Å². The van der Waals surface area contributed by atoms with Crippen LogP contribution in [-0.4, -0.2) is 16.5 Å². The zero-order chi connectivity index (χ0) is 13.2. The van der Waals surface area contributed by atoms with Crippen LogP contribution in [0.1, 0.15) is 0 Å². The third kappa shape index (κ3) is 2.27. The van der Waals surface area contributed by atoms with Gasteiger partial charge in [0.25, 0.3) is 0 Å². The average molecular weight is 267 g/mol. The van der Waals surface area contributed by atoms with Crippen LogP contribution < -0.4 is 5.73 Å². The van der Waals surface area contributed by atoms with Gasteiger partial charge in [-0.05, 0) is 30.5 Å². The molecule has 0 amide bonds. The number of hydrogen-bond donors (Lipinski definition) is 1. The van der Waals surface area contributed by atoms with E-state index in [9.17, 15) is 0 Å². The Morgan fingerprint density at radius 1 is 1.05 bits per heavy atom. The van der Waals surface area contributed by atoms with Gasteiger partial charge >= 0.3 is 0 Å². The molecule has 3 aromatic rings. The third-order valence-corrected chi connectivity index (χ3v) is 3.78. The van der Waals surface area contributed by atoms with Crippen LogP contribution in [0.3, 0.4) is 0 Å². The van der Waals surface area contributed by atoms with Crippen molar-refractivity contribution >= 4 is 28.2 Å². The fourth-order valence-corrected chi connectivity index (χ4v) is 2.48. The standard InChI is InChI=1S/C15H13N3S/c1-19-13-7-4-11-9-17-18-15(14(11)8-13)10-2-5-12(16)6-3-10/h2-9H,16H2,1H3. The van der Waals surface area contributed by atoms with Gasteiger partial charge in [-0.25, -0.2) is 0 Å². The number of fused-ring (bicyclic) bond motifs is 1. The number of anilines is 1. The van der Waals surface area contributed by atoms with Crippen molar-refractivity contribution in [1.29, 1.82) is 0 Å². The predicted octanol–water partition coefficient (Wildman–Crippen LogP) is 3.60. The van der Waals surface area contributed by atoms with Gasteiger partial charge in [0.15, 0.2) is 0 Å². The lowest BCUT2D eigenvalue weighted by molar-refractivity contribution is 1.06. The molecule has 0 unspecified atom stereocenters. The fourth-order valence-electron chi connectivity index (χ4n) is 2.04. The molecule has 2 N–H and O–H groups in total. The van der Waals surface area contributed by atoms with Gasteiger partial charge in [-0.3, -0.25) is 0 Å². The highest BCUT2D eigenvalue weighted by Gasteiger charge is 2.07. The van der Waals surface area contributed by atoms with E-state index in [0.717, 1.165) is 27.7 Å². The van der Waals surface area contributed by atoms with Gasteiger partial charge in [-0.15, -0.1) is 16.9 Å². The van der Waals surface area contributed by atoms with Gasteiger partial charge in [-0.2, -0.15) is 5.10 Å². The highest BCUT2D eigenvalue weighted by Crippen LogP contribution is 2.29. The molecule has 0 bridgehead atoms. The summed E-state index contributed by atoms with van der Waals surface area (Å²) in [6.07, 6.45) is 3.86. The smallest absolute Gasteiger partial charge is 0.101 e. The number of thioether (sulfide) groups is 1. The van der Waals surface area contributed by atoms with E-state index < -0.39 is 0 Å². The summed E-state index contributed by atoms with van der Waals surface area (Å²) in [6, 6.07) is 14.1. The van der Waals surface area contributed by atoms with Gasteiger partial charge in [0, 0.05) is 26.9 Å². The van der Waals surface area contributed by atoms with Crippen molar-refractivity contribution in [3.05, 3.63) is 48.7 Å². The molecule has 3 rings (SSSR count). The summed E-state index contributed by atoms with van der Waals surface area (Å²) in [4.78, 5) is 1.22. The fraction of sp³-hybridized carbons (Fsp3) is 0.0667. The Morgan fingerprint density at radius 3 is 2.58 bits per heavy atom. The Kier molecular flexibility index (Phi) is 3.09. The summed E-state index contributed by atoms with van der Waals surface area (Å²) < 4.78 is 0. The summed E-state index contributed by atoms with van der Waals surface area (Å²) >= 11 is 1.72. The third-order valence-electron chi connectivity index (χ3n) is 3.05. The van der Waals surface area contributed by atoms with Gasteiger partial charge < -0.3 is 5.73 Å². The number of nitrogen functional groups attached to an aromatic ring is 1. The molecule has 94 valence electrons. The Bertz CT molecular complexity index is 723.